The van der Waals surface area contributed by atoms with E-state index in [0.29, 0.717) is 13.2 Å². The van der Waals surface area contributed by atoms with Crippen molar-refractivity contribution >= 4 is 11.8 Å². The second-order valence-corrected chi connectivity index (χ2v) is 10.3. The van der Waals surface area contributed by atoms with E-state index in [4.69, 9.17) is 4.74 Å². The maximum absolute atomic E-state index is 13.6. The van der Waals surface area contributed by atoms with E-state index in [-0.39, 0.29) is 23.1 Å². The van der Waals surface area contributed by atoms with Gasteiger partial charge in [0.15, 0.2) is 0 Å². The van der Waals surface area contributed by atoms with Gasteiger partial charge in [0.05, 0.1) is 5.41 Å². The second-order valence-electron chi connectivity index (χ2n) is 10.3. The Labute approximate surface area is 189 Å². The van der Waals surface area contributed by atoms with Crippen LogP contribution in [0.3, 0.4) is 0 Å². The van der Waals surface area contributed by atoms with Crippen LogP contribution in [-0.2, 0) is 14.3 Å². The molecule has 1 spiro atoms. The molecule has 31 heavy (non-hydrogen) atoms. The minimum atomic E-state index is -0.449. The van der Waals surface area contributed by atoms with Gasteiger partial charge in [0.1, 0.15) is 6.04 Å². The molecular weight excluding hydrogens is 390 g/mol. The minimum Gasteiger partial charge on any atom is -0.381 e. The Morgan fingerprint density at radius 2 is 1.74 bits per heavy atom. The topological polar surface area (TPSA) is 70.7 Å². The van der Waals surface area contributed by atoms with Crippen molar-refractivity contribution in [2.75, 3.05) is 39.4 Å². The SMILES string of the molecule is CC[C@H](C)[C@@H]1NC(=O)C2(CCCCOCCCNC1=O)CCN(CC1CCCC1)CC2. The van der Waals surface area contributed by atoms with Crippen LogP contribution in [0.4, 0.5) is 0 Å². The van der Waals surface area contributed by atoms with Crippen molar-refractivity contribution in [2.24, 2.45) is 17.3 Å². The number of carbonyl (C=O) groups is 2. The van der Waals surface area contributed by atoms with Crippen molar-refractivity contribution < 1.29 is 14.3 Å². The average Bonchev–Trinajstić information content (AvgIpc) is 3.29. The molecule has 6 heteroatoms. The molecule has 3 aliphatic rings. The van der Waals surface area contributed by atoms with Crippen molar-refractivity contribution in [3.63, 3.8) is 0 Å². The van der Waals surface area contributed by atoms with Crippen LogP contribution >= 0.6 is 0 Å². The van der Waals surface area contributed by atoms with Gasteiger partial charge < -0.3 is 20.3 Å². The molecule has 3 rings (SSSR count). The fourth-order valence-electron chi connectivity index (χ4n) is 5.57. The number of likely N-dealkylation sites (tertiary alicyclic amines) is 1. The average molecular weight is 436 g/mol. The summed E-state index contributed by atoms with van der Waals surface area (Å²) in [5.74, 6) is 1.02. The Kier molecular flexibility index (Phi) is 9.64. The Balaban J connectivity index is 1.68. The fourth-order valence-corrected chi connectivity index (χ4v) is 5.57. The van der Waals surface area contributed by atoms with Crippen LogP contribution < -0.4 is 10.6 Å². The van der Waals surface area contributed by atoms with Crippen LogP contribution in [0.1, 0.15) is 84.5 Å². The Morgan fingerprint density at radius 3 is 2.45 bits per heavy atom. The van der Waals surface area contributed by atoms with E-state index in [1.54, 1.807) is 0 Å². The van der Waals surface area contributed by atoms with E-state index >= 15 is 0 Å². The van der Waals surface area contributed by atoms with E-state index in [1.165, 1.54) is 32.2 Å². The number of amides is 2. The van der Waals surface area contributed by atoms with Crippen molar-refractivity contribution in [3.05, 3.63) is 0 Å². The van der Waals surface area contributed by atoms with Gasteiger partial charge in [0.2, 0.25) is 11.8 Å². The third-order valence-electron chi connectivity index (χ3n) is 8.03. The van der Waals surface area contributed by atoms with Crippen LogP contribution in [0.2, 0.25) is 0 Å². The number of nitrogens with one attached hydrogen (secondary N) is 2. The molecule has 0 unspecified atom stereocenters. The van der Waals surface area contributed by atoms with Crippen LogP contribution in [0, 0.1) is 17.3 Å². The lowest BCUT2D eigenvalue weighted by molar-refractivity contribution is -0.139. The number of piperidine rings is 1. The zero-order valence-electron chi connectivity index (χ0n) is 19.9. The van der Waals surface area contributed by atoms with Gasteiger partial charge in [0.25, 0.3) is 0 Å². The van der Waals surface area contributed by atoms with Gasteiger partial charge in [-0.15, -0.1) is 0 Å². The van der Waals surface area contributed by atoms with Crippen molar-refractivity contribution in [2.45, 2.75) is 90.5 Å². The predicted octanol–water partition coefficient (Wildman–Crippen LogP) is 3.50. The van der Waals surface area contributed by atoms with Gasteiger partial charge in [-0.1, -0.05) is 39.5 Å². The van der Waals surface area contributed by atoms with Gasteiger partial charge in [-0.25, -0.2) is 0 Å². The largest absolute Gasteiger partial charge is 0.381 e. The first-order chi connectivity index (χ1) is 15.0. The minimum absolute atomic E-state index is 0.0476. The lowest BCUT2D eigenvalue weighted by atomic mass is 9.73. The standard InChI is InChI=1S/C25H45N3O3/c1-3-20(2)22-23(29)26-14-8-18-31-17-7-6-11-25(24(30)27-22)12-15-28(16-13-25)19-21-9-4-5-10-21/h20-22H,3-19H2,1-2H3,(H,26,29)(H,27,30)/t20-,22-/m0/s1. The molecule has 0 bridgehead atoms. The molecular formula is C25H45N3O3. The maximum atomic E-state index is 13.6. The number of rotatable bonds is 4. The molecule has 2 amide bonds. The van der Waals surface area contributed by atoms with E-state index in [2.05, 4.69) is 29.4 Å². The summed E-state index contributed by atoms with van der Waals surface area (Å²) in [7, 11) is 0. The zero-order valence-corrected chi connectivity index (χ0v) is 19.9. The van der Waals surface area contributed by atoms with Gasteiger partial charge in [0, 0.05) is 26.3 Å². The first kappa shape index (κ1) is 24.5. The van der Waals surface area contributed by atoms with Crippen LogP contribution in [0.15, 0.2) is 0 Å². The summed E-state index contributed by atoms with van der Waals surface area (Å²) in [6, 6.07) is -0.449. The van der Waals surface area contributed by atoms with Gasteiger partial charge in [-0.3, -0.25) is 9.59 Å². The van der Waals surface area contributed by atoms with Gasteiger partial charge >= 0.3 is 0 Å². The molecule has 0 aromatic heterocycles. The Morgan fingerprint density at radius 1 is 1.03 bits per heavy atom. The highest BCUT2D eigenvalue weighted by atomic mass is 16.5. The van der Waals surface area contributed by atoms with Crippen molar-refractivity contribution in [1.29, 1.82) is 0 Å². The molecule has 2 aliphatic heterocycles. The molecule has 2 saturated heterocycles. The van der Waals surface area contributed by atoms with E-state index in [1.807, 2.05) is 0 Å². The highest BCUT2D eigenvalue weighted by Crippen LogP contribution is 2.38. The molecule has 0 aromatic rings. The molecule has 1 saturated carbocycles. The monoisotopic (exact) mass is 435 g/mol. The van der Waals surface area contributed by atoms with Crippen LogP contribution in [0.25, 0.3) is 0 Å². The van der Waals surface area contributed by atoms with Crippen LogP contribution in [0.5, 0.6) is 0 Å². The third-order valence-corrected chi connectivity index (χ3v) is 8.03. The fraction of sp³-hybridized carbons (Fsp3) is 0.920. The van der Waals surface area contributed by atoms with E-state index < -0.39 is 6.04 Å². The predicted molar refractivity (Wildman–Crippen MR) is 124 cm³/mol. The summed E-state index contributed by atoms with van der Waals surface area (Å²) in [6.45, 7) is 9.37. The summed E-state index contributed by atoms with van der Waals surface area (Å²) < 4.78 is 5.74. The van der Waals surface area contributed by atoms with Crippen molar-refractivity contribution in [1.82, 2.24) is 15.5 Å². The first-order valence-electron chi connectivity index (χ1n) is 12.9. The van der Waals surface area contributed by atoms with Gasteiger partial charge in [-0.05, 0) is 69.9 Å². The normalized spacial score (nSPS) is 28.6. The third kappa shape index (κ3) is 6.92. The summed E-state index contributed by atoms with van der Waals surface area (Å²) in [6.07, 6.45) is 11.9. The maximum Gasteiger partial charge on any atom is 0.242 e. The summed E-state index contributed by atoms with van der Waals surface area (Å²) in [4.78, 5) is 29.1. The first-order valence-corrected chi connectivity index (χ1v) is 12.9. The summed E-state index contributed by atoms with van der Waals surface area (Å²) in [5.41, 5.74) is -0.345. The highest BCUT2D eigenvalue weighted by molar-refractivity contribution is 5.90. The van der Waals surface area contributed by atoms with E-state index in [9.17, 15) is 9.59 Å². The molecule has 0 radical (unpaired) electrons. The number of carbonyl (C=O) groups excluding carboxylic acids is 2. The lowest BCUT2D eigenvalue weighted by Gasteiger charge is -2.42. The van der Waals surface area contributed by atoms with E-state index in [0.717, 1.165) is 70.6 Å². The zero-order chi connectivity index (χ0) is 22.1. The molecule has 3 fully saturated rings. The molecule has 1 aliphatic carbocycles. The number of nitrogens with zero attached hydrogens (tertiary/aromatic N) is 1. The number of hydrogen-bond acceptors (Lipinski definition) is 4. The molecule has 0 aromatic carbocycles. The van der Waals surface area contributed by atoms with Crippen LogP contribution in [-0.4, -0.2) is 62.1 Å². The van der Waals surface area contributed by atoms with Crippen molar-refractivity contribution in [3.8, 4) is 0 Å². The number of ether oxygens (including phenoxy) is 1. The highest BCUT2D eigenvalue weighted by Gasteiger charge is 2.43. The molecule has 178 valence electrons. The molecule has 2 atom stereocenters. The smallest absolute Gasteiger partial charge is 0.242 e. The second kappa shape index (κ2) is 12.2. The quantitative estimate of drug-likeness (QED) is 0.709. The molecule has 2 N–H and O–H groups in total. The Bertz CT molecular complexity index is 568. The molecule has 2 heterocycles. The Hall–Kier alpha value is -1.14. The summed E-state index contributed by atoms with van der Waals surface area (Å²) in [5, 5.41) is 6.24. The number of hydrogen-bond donors (Lipinski definition) is 2. The van der Waals surface area contributed by atoms with Gasteiger partial charge in [-0.2, -0.15) is 0 Å². The molecule has 6 nitrogen and oxygen atoms in total. The lowest BCUT2D eigenvalue weighted by Crippen LogP contribution is -2.56. The summed E-state index contributed by atoms with van der Waals surface area (Å²) >= 11 is 0.